The molecule has 0 radical (unpaired) electrons. The molecule has 0 bridgehead atoms. The average molecular weight is 344 g/mol. The minimum absolute atomic E-state index is 0.0232. The van der Waals surface area contributed by atoms with E-state index >= 15 is 0 Å². The fourth-order valence-corrected chi connectivity index (χ4v) is 3.59. The highest BCUT2D eigenvalue weighted by Crippen LogP contribution is 2.40. The molecule has 1 saturated carbocycles. The summed E-state index contributed by atoms with van der Waals surface area (Å²) in [7, 11) is 1.87. The lowest BCUT2D eigenvalue weighted by Crippen LogP contribution is -2.42. The number of aliphatic hydroxyl groups is 1. The van der Waals surface area contributed by atoms with Crippen molar-refractivity contribution in [2.24, 2.45) is 13.0 Å². The molecule has 0 spiro atoms. The summed E-state index contributed by atoms with van der Waals surface area (Å²) in [5.41, 5.74) is 0.665. The Kier molecular flexibility index (Phi) is 4.11. The average Bonchev–Trinajstić information content (AvgIpc) is 3.27. The van der Waals surface area contributed by atoms with Crippen LogP contribution in [0.15, 0.2) is 16.8 Å². The molecule has 2 atom stereocenters. The van der Waals surface area contributed by atoms with E-state index in [0.717, 1.165) is 25.7 Å². The molecule has 25 heavy (non-hydrogen) atoms. The number of nitrogens with zero attached hydrogens (tertiary/aromatic N) is 4. The van der Waals surface area contributed by atoms with Gasteiger partial charge in [0, 0.05) is 44.4 Å². The third-order valence-corrected chi connectivity index (χ3v) is 5.25. The lowest BCUT2D eigenvalue weighted by atomic mass is 9.91. The first-order chi connectivity index (χ1) is 12.0. The number of hydrogen-bond donors (Lipinski definition) is 1. The van der Waals surface area contributed by atoms with E-state index in [1.165, 1.54) is 0 Å². The molecule has 1 aliphatic heterocycles. The van der Waals surface area contributed by atoms with Crippen molar-refractivity contribution in [1.82, 2.24) is 19.4 Å². The molecular weight excluding hydrogens is 320 g/mol. The van der Waals surface area contributed by atoms with Crippen LogP contribution in [0.5, 0.6) is 0 Å². The van der Waals surface area contributed by atoms with Crippen LogP contribution in [0.4, 0.5) is 0 Å². The van der Waals surface area contributed by atoms with E-state index in [-0.39, 0.29) is 11.8 Å². The predicted octanol–water partition coefficient (Wildman–Crippen LogP) is 2.18. The molecule has 1 saturated heterocycles. The third kappa shape index (κ3) is 3.08. The number of aliphatic hydroxyl groups excluding tert-OH is 1. The molecule has 4 rings (SSSR count). The highest BCUT2D eigenvalue weighted by atomic mass is 16.4. The summed E-state index contributed by atoms with van der Waals surface area (Å²) in [6, 6.07) is 0. The van der Waals surface area contributed by atoms with E-state index < -0.39 is 6.10 Å². The molecule has 7 heteroatoms. The van der Waals surface area contributed by atoms with Gasteiger partial charge in [-0.25, -0.2) is 9.97 Å². The van der Waals surface area contributed by atoms with Crippen LogP contribution in [0, 0.1) is 12.8 Å². The second-order valence-corrected chi connectivity index (χ2v) is 7.24. The van der Waals surface area contributed by atoms with Crippen LogP contribution in [0.25, 0.3) is 0 Å². The topological polar surface area (TPSA) is 84.4 Å². The molecule has 2 aliphatic rings. The van der Waals surface area contributed by atoms with E-state index in [9.17, 15) is 9.90 Å². The zero-order valence-electron chi connectivity index (χ0n) is 14.7. The second kappa shape index (κ2) is 6.29. The van der Waals surface area contributed by atoms with Crippen LogP contribution in [0.1, 0.15) is 65.7 Å². The first-order valence-electron chi connectivity index (χ1n) is 8.96. The van der Waals surface area contributed by atoms with Crippen LogP contribution in [0.3, 0.4) is 0 Å². The van der Waals surface area contributed by atoms with Crippen molar-refractivity contribution in [3.63, 3.8) is 0 Å². The summed E-state index contributed by atoms with van der Waals surface area (Å²) in [5.74, 6) is 1.95. The van der Waals surface area contributed by atoms with Gasteiger partial charge in [-0.1, -0.05) is 0 Å². The van der Waals surface area contributed by atoms with Gasteiger partial charge in [-0.3, -0.25) is 4.79 Å². The number of carbonyl (C=O) groups is 1. The van der Waals surface area contributed by atoms with Crippen molar-refractivity contribution in [2.75, 3.05) is 13.1 Å². The fraction of sp³-hybridized carbons (Fsp3) is 0.611. The second-order valence-electron chi connectivity index (χ2n) is 7.24. The van der Waals surface area contributed by atoms with Crippen LogP contribution in [-0.4, -0.2) is 43.5 Å². The largest absolute Gasteiger partial charge is 0.435 e. The van der Waals surface area contributed by atoms with Crippen molar-refractivity contribution in [1.29, 1.82) is 0 Å². The summed E-state index contributed by atoms with van der Waals surface area (Å²) in [6.45, 7) is 3.01. The number of piperidine rings is 1. The lowest BCUT2D eigenvalue weighted by molar-refractivity contribution is 0.0339. The quantitative estimate of drug-likeness (QED) is 0.919. The SMILES string of the molecule is Cc1nc(C2CC2)oc1C(=O)N1CCC[C@H]([C@H](O)c2nccn2C)C1. The number of amides is 1. The molecule has 0 aromatic carbocycles. The van der Waals surface area contributed by atoms with Crippen molar-refractivity contribution >= 4 is 5.91 Å². The number of rotatable bonds is 4. The van der Waals surface area contributed by atoms with Gasteiger partial charge in [0.1, 0.15) is 11.9 Å². The van der Waals surface area contributed by atoms with E-state index in [1.54, 1.807) is 11.1 Å². The Bertz CT molecular complexity index is 777. The number of imidazole rings is 1. The maximum Gasteiger partial charge on any atom is 0.291 e. The summed E-state index contributed by atoms with van der Waals surface area (Å²) in [5, 5.41) is 10.7. The molecule has 2 aromatic heterocycles. The minimum Gasteiger partial charge on any atom is -0.435 e. The molecule has 134 valence electrons. The van der Waals surface area contributed by atoms with Gasteiger partial charge in [-0.15, -0.1) is 0 Å². The minimum atomic E-state index is -0.673. The molecule has 7 nitrogen and oxygen atoms in total. The Hall–Kier alpha value is -2.15. The standard InChI is InChI=1S/C18H24N4O3/c1-11-15(25-17(20-11)12-5-6-12)18(24)22-8-3-4-13(10-22)14(23)16-19-7-9-21(16)2/h7,9,12-14,23H,3-6,8,10H2,1-2H3/t13-,14-/m0/s1. The van der Waals surface area contributed by atoms with Crippen molar-refractivity contribution in [2.45, 2.75) is 44.6 Å². The normalized spacial score (nSPS) is 22.2. The van der Waals surface area contributed by atoms with Crippen LogP contribution in [-0.2, 0) is 7.05 Å². The van der Waals surface area contributed by atoms with Gasteiger partial charge in [-0.2, -0.15) is 0 Å². The van der Waals surface area contributed by atoms with Crippen LogP contribution < -0.4 is 0 Å². The van der Waals surface area contributed by atoms with Gasteiger partial charge >= 0.3 is 0 Å². The van der Waals surface area contributed by atoms with Crippen LogP contribution in [0.2, 0.25) is 0 Å². The number of oxazole rings is 1. The smallest absolute Gasteiger partial charge is 0.291 e. The number of aryl methyl sites for hydroxylation is 2. The summed E-state index contributed by atoms with van der Waals surface area (Å²) in [6.07, 6.45) is 6.75. The zero-order chi connectivity index (χ0) is 17.6. The van der Waals surface area contributed by atoms with Gasteiger partial charge in [0.25, 0.3) is 5.91 Å². The van der Waals surface area contributed by atoms with E-state index in [0.29, 0.717) is 42.2 Å². The van der Waals surface area contributed by atoms with Crippen molar-refractivity contribution in [3.8, 4) is 0 Å². The highest BCUT2D eigenvalue weighted by Gasteiger charge is 2.35. The number of carbonyl (C=O) groups excluding carboxylic acids is 1. The van der Waals surface area contributed by atoms with Gasteiger partial charge in [-0.05, 0) is 32.6 Å². The lowest BCUT2D eigenvalue weighted by Gasteiger charge is -2.34. The Morgan fingerprint density at radius 2 is 2.20 bits per heavy atom. The summed E-state index contributed by atoms with van der Waals surface area (Å²) in [4.78, 5) is 23.3. The molecule has 0 unspecified atom stereocenters. The van der Waals surface area contributed by atoms with Gasteiger partial charge < -0.3 is 19.0 Å². The summed E-state index contributed by atoms with van der Waals surface area (Å²) < 4.78 is 7.59. The van der Waals surface area contributed by atoms with Gasteiger partial charge in [0.15, 0.2) is 5.89 Å². The Balaban J connectivity index is 1.49. The molecule has 2 aromatic rings. The first-order valence-corrected chi connectivity index (χ1v) is 8.96. The van der Waals surface area contributed by atoms with Crippen molar-refractivity contribution < 1.29 is 14.3 Å². The molecule has 3 heterocycles. The molecule has 1 N–H and O–H groups in total. The highest BCUT2D eigenvalue weighted by molar-refractivity contribution is 5.92. The van der Waals surface area contributed by atoms with E-state index in [1.807, 2.05) is 24.7 Å². The number of likely N-dealkylation sites (tertiary alicyclic amines) is 1. The molecule has 2 fully saturated rings. The van der Waals surface area contributed by atoms with Crippen LogP contribution >= 0.6 is 0 Å². The Labute approximate surface area is 146 Å². The predicted molar refractivity (Wildman–Crippen MR) is 90.0 cm³/mol. The van der Waals surface area contributed by atoms with E-state index in [4.69, 9.17) is 4.42 Å². The molecule has 1 amide bonds. The monoisotopic (exact) mass is 344 g/mol. The van der Waals surface area contributed by atoms with Gasteiger partial charge in [0.05, 0.1) is 5.69 Å². The van der Waals surface area contributed by atoms with Crippen molar-refractivity contribution in [3.05, 3.63) is 35.6 Å². The molecule has 1 aliphatic carbocycles. The Morgan fingerprint density at radius 3 is 2.88 bits per heavy atom. The third-order valence-electron chi connectivity index (χ3n) is 5.25. The fourth-order valence-electron chi connectivity index (χ4n) is 3.59. The van der Waals surface area contributed by atoms with Gasteiger partial charge in [0.2, 0.25) is 5.76 Å². The Morgan fingerprint density at radius 1 is 1.40 bits per heavy atom. The zero-order valence-corrected chi connectivity index (χ0v) is 14.7. The van der Waals surface area contributed by atoms with E-state index in [2.05, 4.69) is 9.97 Å². The maximum atomic E-state index is 12.9. The summed E-state index contributed by atoms with van der Waals surface area (Å²) >= 11 is 0. The number of aromatic nitrogens is 3. The first kappa shape index (κ1) is 16.3. The maximum absolute atomic E-state index is 12.9. The number of hydrogen-bond acceptors (Lipinski definition) is 5. The molecular formula is C18H24N4O3.